The Labute approximate surface area is 165 Å². The van der Waals surface area contributed by atoms with Crippen LogP contribution in [0.1, 0.15) is 16.2 Å². The van der Waals surface area contributed by atoms with E-state index in [-0.39, 0.29) is 34.8 Å². The van der Waals surface area contributed by atoms with E-state index < -0.39 is 4.92 Å². The third-order valence-electron chi connectivity index (χ3n) is 3.85. The lowest BCUT2D eigenvalue weighted by molar-refractivity contribution is -0.384. The third kappa shape index (κ3) is 4.46. The van der Waals surface area contributed by atoms with Crippen molar-refractivity contribution in [2.24, 2.45) is 7.05 Å². The van der Waals surface area contributed by atoms with Gasteiger partial charge in [0, 0.05) is 38.6 Å². The van der Waals surface area contributed by atoms with Crippen LogP contribution in [0.2, 0.25) is 5.02 Å². The molecular formula is C17H17ClN6O4. The standard InChI is InChI=1S/C17H17ClN6O4/c1-21(10-12-5-7-22(2)19-12)17(25)15-6-8-23(20-15)11-28-16-4-3-13(24(26)27)9-14(16)18/h3-9H,10-11H2,1-2H3. The normalized spacial score (nSPS) is 10.7. The second kappa shape index (κ2) is 8.09. The Morgan fingerprint density at radius 1 is 1.29 bits per heavy atom. The molecule has 3 rings (SSSR count). The molecule has 0 atom stereocenters. The van der Waals surface area contributed by atoms with Crippen molar-refractivity contribution in [2.45, 2.75) is 13.3 Å². The summed E-state index contributed by atoms with van der Waals surface area (Å²) in [7, 11) is 3.48. The number of nitro groups is 1. The lowest BCUT2D eigenvalue weighted by atomic mass is 10.3. The fourth-order valence-corrected chi connectivity index (χ4v) is 2.69. The van der Waals surface area contributed by atoms with Crippen molar-refractivity contribution in [3.05, 3.63) is 69.3 Å². The molecule has 0 unspecified atom stereocenters. The number of ether oxygens (including phenoxy) is 1. The summed E-state index contributed by atoms with van der Waals surface area (Å²) in [6, 6.07) is 7.34. The van der Waals surface area contributed by atoms with Gasteiger partial charge in [0.25, 0.3) is 11.6 Å². The number of hydrogen-bond acceptors (Lipinski definition) is 6. The minimum atomic E-state index is -0.539. The Hall–Kier alpha value is -3.40. The number of amides is 1. The van der Waals surface area contributed by atoms with Gasteiger partial charge in [-0.15, -0.1) is 0 Å². The van der Waals surface area contributed by atoms with Crippen LogP contribution in [0.5, 0.6) is 5.75 Å². The number of non-ortho nitro benzene ring substituents is 1. The van der Waals surface area contributed by atoms with Gasteiger partial charge >= 0.3 is 0 Å². The number of rotatable bonds is 7. The van der Waals surface area contributed by atoms with E-state index >= 15 is 0 Å². The quantitative estimate of drug-likeness (QED) is 0.442. The maximum Gasteiger partial charge on any atom is 0.274 e. The number of carbonyl (C=O) groups is 1. The Kier molecular flexibility index (Phi) is 5.59. The van der Waals surface area contributed by atoms with Crippen molar-refractivity contribution in [1.29, 1.82) is 0 Å². The predicted molar refractivity (Wildman–Crippen MR) is 100.0 cm³/mol. The highest BCUT2D eigenvalue weighted by atomic mass is 35.5. The SMILES string of the molecule is CN(Cc1ccn(C)n1)C(=O)c1ccn(COc2ccc([N+](=O)[O-])cc2Cl)n1. The van der Waals surface area contributed by atoms with Crippen LogP contribution in [0.4, 0.5) is 5.69 Å². The summed E-state index contributed by atoms with van der Waals surface area (Å²) in [6.07, 6.45) is 3.41. The van der Waals surface area contributed by atoms with Crippen molar-refractivity contribution in [3.63, 3.8) is 0 Å². The smallest absolute Gasteiger partial charge is 0.274 e. The molecule has 0 radical (unpaired) electrons. The molecule has 0 bridgehead atoms. The van der Waals surface area contributed by atoms with Gasteiger partial charge in [-0.1, -0.05) is 11.6 Å². The molecule has 0 saturated carbocycles. The van der Waals surface area contributed by atoms with Crippen LogP contribution in [-0.4, -0.2) is 42.3 Å². The molecule has 0 aliphatic heterocycles. The first-order valence-electron chi connectivity index (χ1n) is 8.17. The molecule has 0 fully saturated rings. The molecule has 11 heteroatoms. The Bertz CT molecular complexity index is 1010. The summed E-state index contributed by atoms with van der Waals surface area (Å²) in [5.74, 6) is 0.0284. The van der Waals surface area contributed by atoms with E-state index in [1.165, 1.54) is 27.8 Å². The van der Waals surface area contributed by atoms with E-state index in [2.05, 4.69) is 10.2 Å². The topological polar surface area (TPSA) is 108 Å². The maximum atomic E-state index is 12.5. The Balaban J connectivity index is 1.60. The van der Waals surface area contributed by atoms with Crippen LogP contribution >= 0.6 is 11.6 Å². The van der Waals surface area contributed by atoms with Crippen LogP contribution in [0, 0.1) is 10.1 Å². The molecule has 0 spiro atoms. The average molecular weight is 405 g/mol. The minimum Gasteiger partial charge on any atom is -0.470 e. The molecular weight excluding hydrogens is 388 g/mol. The van der Waals surface area contributed by atoms with Crippen LogP contribution in [0.25, 0.3) is 0 Å². The zero-order valence-electron chi connectivity index (χ0n) is 15.1. The second-order valence-electron chi connectivity index (χ2n) is 6.03. The minimum absolute atomic E-state index is 0.00519. The highest BCUT2D eigenvalue weighted by molar-refractivity contribution is 6.32. The molecule has 0 aliphatic rings. The number of benzene rings is 1. The molecule has 2 heterocycles. The second-order valence-corrected chi connectivity index (χ2v) is 6.43. The monoisotopic (exact) mass is 404 g/mol. The zero-order chi connectivity index (χ0) is 20.3. The van der Waals surface area contributed by atoms with Crippen LogP contribution in [0.15, 0.2) is 42.7 Å². The van der Waals surface area contributed by atoms with Crippen molar-refractivity contribution in [3.8, 4) is 5.75 Å². The van der Waals surface area contributed by atoms with Crippen LogP contribution in [0.3, 0.4) is 0 Å². The summed E-state index contributed by atoms with van der Waals surface area (Å²) < 4.78 is 8.62. The van der Waals surface area contributed by atoms with Gasteiger partial charge in [-0.25, -0.2) is 4.68 Å². The van der Waals surface area contributed by atoms with E-state index in [4.69, 9.17) is 16.3 Å². The van der Waals surface area contributed by atoms with Gasteiger partial charge in [-0.3, -0.25) is 19.6 Å². The van der Waals surface area contributed by atoms with E-state index in [1.54, 1.807) is 24.0 Å². The number of nitrogens with zero attached hydrogens (tertiary/aromatic N) is 6. The van der Waals surface area contributed by atoms with E-state index in [1.807, 2.05) is 19.3 Å². The first-order valence-corrected chi connectivity index (χ1v) is 8.55. The predicted octanol–water partition coefficient (Wildman–Crippen LogP) is 2.49. The highest BCUT2D eigenvalue weighted by Gasteiger charge is 2.16. The fraction of sp³-hybridized carbons (Fsp3) is 0.235. The van der Waals surface area contributed by atoms with Gasteiger partial charge < -0.3 is 9.64 Å². The van der Waals surface area contributed by atoms with Crippen molar-refractivity contribution in [2.75, 3.05) is 7.05 Å². The Morgan fingerprint density at radius 2 is 2.07 bits per heavy atom. The summed E-state index contributed by atoms with van der Waals surface area (Å²) in [6.45, 7) is 0.357. The molecule has 10 nitrogen and oxygen atoms in total. The van der Waals surface area contributed by atoms with Gasteiger partial charge in [0.2, 0.25) is 0 Å². The lowest BCUT2D eigenvalue weighted by Gasteiger charge is -2.14. The van der Waals surface area contributed by atoms with Crippen LogP contribution < -0.4 is 4.74 Å². The molecule has 1 aromatic carbocycles. The van der Waals surface area contributed by atoms with Gasteiger partial charge in [-0.05, 0) is 18.2 Å². The molecule has 146 valence electrons. The average Bonchev–Trinajstić information content (AvgIpc) is 3.29. The van der Waals surface area contributed by atoms with Crippen molar-refractivity contribution >= 4 is 23.2 Å². The van der Waals surface area contributed by atoms with Gasteiger partial charge in [0.05, 0.1) is 22.2 Å². The molecule has 28 heavy (non-hydrogen) atoms. The third-order valence-corrected chi connectivity index (χ3v) is 4.15. The highest BCUT2D eigenvalue weighted by Crippen LogP contribution is 2.28. The summed E-state index contributed by atoms with van der Waals surface area (Å²) in [5.41, 5.74) is 0.908. The molecule has 1 amide bonds. The molecule has 3 aromatic rings. The van der Waals surface area contributed by atoms with Crippen LogP contribution in [-0.2, 0) is 20.3 Å². The summed E-state index contributed by atoms with van der Waals surface area (Å²) >= 11 is 5.99. The zero-order valence-corrected chi connectivity index (χ0v) is 15.9. The number of hydrogen-bond donors (Lipinski definition) is 0. The van der Waals surface area contributed by atoms with Crippen molar-refractivity contribution < 1.29 is 14.5 Å². The molecule has 2 aromatic heterocycles. The fourth-order valence-electron chi connectivity index (χ4n) is 2.46. The van der Waals surface area contributed by atoms with E-state index in [0.717, 1.165) is 5.69 Å². The molecule has 0 aliphatic carbocycles. The summed E-state index contributed by atoms with van der Waals surface area (Å²) in [4.78, 5) is 24.2. The number of aromatic nitrogens is 4. The maximum absolute atomic E-state index is 12.5. The van der Waals surface area contributed by atoms with Gasteiger partial charge in [0.15, 0.2) is 12.4 Å². The van der Waals surface area contributed by atoms with E-state index in [0.29, 0.717) is 6.54 Å². The lowest BCUT2D eigenvalue weighted by Crippen LogP contribution is -2.27. The number of nitro benzene ring substituents is 1. The van der Waals surface area contributed by atoms with Gasteiger partial charge in [-0.2, -0.15) is 10.2 Å². The van der Waals surface area contributed by atoms with E-state index in [9.17, 15) is 14.9 Å². The summed E-state index contributed by atoms with van der Waals surface area (Å²) in [5, 5.41) is 19.3. The first kappa shape index (κ1) is 19.4. The van der Waals surface area contributed by atoms with Crippen molar-refractivity contribution in [1.82, 2.24) is 24.5 Å². The number of carbonyl (C=O) groups excluding carboxylic acids is 1. The molecule has 0 N–H and O–H groups in total. The molecule has 0 saturated heterocycles. The largest absolute Gasteiger partial charge is 0.470 e. The Morgan fingerprint density at radius 3 is 2.71 bits per heavy atom. The number of aryl methyl sites for hydroxylation is 1. The number of halogens is 1. The first-order chi connectivity index (χ1) is 13.3. The van der Waals surface area contributed by atoms with Gasteiger partial charge in [0.1, 0.15) is 5.75 Å².